The fourth-order valence-corrected chi connectivity index (χ4v) is 2.61. The SMILES string of the molecule is O=C(NCC(C(=O)O)c1ccc(F)cc1)c1ccccc1OCC1CC1. The molecule has 136 valence electrons. The van der Waals surface area contributed by atoms with Crippen LogP contribution in [0.5, 0.6) is 5.75 Å². The van der Waals surface area contributed by atoms with Gasteiger partial charge in [-0.15, -0.1) is 0 Å². The molecule has 2 aromatic carbocycles. The van der Waals surface area contributed by atoms with Gasteiger partial charge in [-0.05, 0) is 48.6 Å². The largest absolute Gasteiger partial charge is 0.492 e. The summed E-state index contributed by atoms with van der Waals surface area (Å²) >= 11 is 0. The summed E-state index contributed by atoms with van der Waals surface area (Å²) in [4.78, 5) is 24.0. The molecule has 3 rings (SSSR count). The molecule has 0 aromatic heterocycles. The maximum Gasteiger partial charge on any atom is 0.312 e. The van der Waals surface area contributed by atoms with Gasteiger partial charge in [0.25, 0.3) is 5.91 Å². The first-order valence-electron chi connectivity index (χ1n) is 8.53. The van der Waals surface area contributed by atoms with Crippen LogP contribution >= 0.6 is 0 Å². The highest BCUT2D eigenvalue weighted by Crippen LogP contribution is 2.30. The number of carboxylic acids is 1. The van der Waals surface area contributed by atoms with E-state index < -0.39 is 23.6 Å². The van der Waals surface area contributed by atoms with Crippen LogP contribution < -0.4 is 10.1 Å². The monoisotopic (exact) mass is 357 g/mol. The first kappa shape index (κ1) is 17.9. The lowest BCUT2D eigenvalue weighted by Crippen LogP contribution is -2.32. The fourth-order valence-electron chi connectivity index (χ4n) is 2.61. The molecule has 1 amide bonds. The van der Waals surface area contributed by atoms with E-state index >= 15 is 0 Å². The molecule has 6 heteroatoms. The van der Waals surface area contributed by atoms with Crippen molar-refractivity contribution in [3.05, 3.63) is 65.5 Å². The normalized spacial score (nSPS) is 14.5. The second kappa shape index (κ2) is 7.99. The van der Waals surface area contributed by atoms with Crippen molar-refractivity contribution in [2.45, 2.75) is 18.8 Å². The minimum atomic E-state index is -1.09. The quantitative estimate of drug-likeness (QED) is 0.761. The van der Waals surface area contributed by atoms with Gasteiger partial charge in [-0.2, -0.15) is 0 Å². The molecule has 0 aliphatic heterocycles. The summed E-state index contributed by atoms with van der Waals surface area (Å²) in [6.07, 6.45) is 2.29. The smallest absolute Gasteiger partial charge is 0.312 e. The maximum absolute atomic E-state index is 13.0. The molecular weight excluding hydrogens is 337 g/mol. The highest BCUT2D eigenvalue weighted by atomic mass is 19.1. The van der Waals surface area contributed by atoms with E-state index in [2.05, 4.69) is 5.32 Å². The number of benzene rings is 2. The molecule has 0 bridgehead atoms. The van der Waals surface area contributed by atoms with E-state index in [1.807, 2.05) is 0 Å². The number of aliphatic carboxylic acids is 1. The third-order valence-corrected chi connectivity index (χ3v) is 4.34. The molecule has 0 saturated heterocycles. The van der Waals surface area contributed by atoms with Gasteiger partial charge in [-0.3, -0.25) is 9.59 Å². The summed E-state index contributed by atoms with van der Waals surface area (Å²) < 4.78 is 18.7. The molecule has 1 fully saturated rings. The highest BCUT2D eigenvalue weighted by Gasteiger charge is 2.24. The van der Waals surface area contributed by atoms with Crippen LogP contribution in [0.25, 0.3) is 0 Å². The standard InChI is InChI=1S/C20H20FNO4/c21-15-9-7-14(8-10-15)17(20(24)25)11-22-19(23)16-3-1-2-4-18(16)26-12-13-5-6-13/h1-4,7-10,13,17H,5-6,11-12H2,(H,22,23)(H,24,25). The number of nitrogens with one attached hydrogen (secondary N) is 1. The average Bonchev–Trinajstić information content (AvgIpc) is 3.46. The van der Waals surface area contributed by atoms with Gasteiger partial charge in [0.15, 0.2) is 0 Å². The summed E-state index contributed by atoms with van der Waals surface area (Å²) in [5.41, 5.74) is 0.800. The number of halogens is 1. The fraction of sp³-hybridized carbons (Fsp3) is 0.300. The van der Waals surface area contributed by atoms with Crippen molar-refractivity contribution in [2.24, 2.45) is 5.92 Å². The van der Waals surface area contributed by atoms with E-state index in [9.17, 15) is 19.1 Å². The van der Waals surface area contributed by atoms with Gasteiger partial charge in [-0.25, -0.2) is 4.39 Å². The number of hydrogen-bond acceptors (Lipinski definition) is 3. The van der Waals surface area contributed by atoms with Crippen LogP contribution in [0.1, 0.15) is 34.7 Å². The van der Waals surface area contributed by atoms with Crippen LogP contribution in [0.4, 0.5) is 4.39 Å². The molecule has 0 radical (unpaired) electrons. The van der Waals surface area contributed by atoms with Crippen LogP contribution in [-0.4, -0.2) is 30.1 Å². The Morgan fingerprint density at radius 2 is 1.85 bits per heavy atom. The van der Waals surface area contributed by atoms with E-state index in [1.165, 1.54) is 24.3 Å². The van der Waals surface area contributed by atoms with E-state index in [4.69, 9.17) is 4.74 Å². The van der Waals surface area contributed by atoms with Gasteiger partial charge in [0.1, 0.15) is 11.6 Å². The lowest BCUT2D eigenvalue weighted by molar-refractivity contribution is -0.138. The average molecular weight is 357 g/mol. The maximum atomic E-state index is 13.0. The predicted molar refractivity (Wildman–Crippen MR) is 93.8 cm³/mol. The van der Waals surface area contributed by atoms with Crippen molar-refractivity contribution in [1.82, 2.24) is 5.32 Å². The van der Waals surface area contributed by atoms with E-state index in [-0.39, 0.29) is 6.54 Å². The van der Waals surface area contributed by atoms with E-state index in [1.54, 1.807) is 24.3 Å². The summed E-state index contributed by atoms with van der Waals surface area (Å²) in [5.74, 6) is -1.84. The lowest BCUT2D eigenvalue weighted by Gasteiger charge is -2.15. The van der Waals surface area contributed by atoms with Crippen molar-refractivity contribution < 1.29 is 23.8 Å². The molecule has 1 aliphatic carbocycles. The Hall–Kier alpha value is -2.89. The van der Waals surface area contributed by atoms with Crippen LogP contribution in [0.2, 0.25) is 0 Å². The molecule has 1 aliphatic rings. The number of hydrogen-bond donors (Lipinski definition) is 2. The molecule has 26 heavy (non-hydrogen) atoms. The molecule has 5 nitrogen and oxygen atoms in total. The molecule has 2 aromatic rings. The zero-order chi connectivity index (χ0) is 18.5. The van der Waals surface area contributed by atoms with Gasteiger partial charge in [0, 0.05) is 6.54 Å². The third kappa shape index (κ3) is 4.59. The van der Waals surface area contributed by atoms with Crippen molar-refractivity contribution in [3.63, 3.8) is 0 Å². The zero-order valence-electron chi connectivity index (χ0n) is 14.2. The second-order valence-corrected chi connectivity index (χ2v) is 6.40. The van der Waals surface area contributed by atoms with Gasteiger partial charge in [0.2, 0.25) is 0 Å². The molecular formula is C20H20FNO4. The van der Waals surface area contributed by atoms with Crippen LogP contribution in [0.3, 0.4) is 0 Å². The Balaban J connectivity index is 1.66. The molecule has 1 saturated carbocycles. The van der Waals surface area contributed by atoms with Gasteiger partial charge in [-0.1, -0.05) is 24.3 Å². The molecule has 0 heterocycles. The van der Waals surface area contributed by atoms with Crippen LogP contribution in [-0.2, 0) is 4.79 Å². The van der Waals surface area contributed by atoms with E-state index in [0.29, 0.717) is 29.4 Å². The van der Waals surface area contributed by atoms with Crippen molar-refractivity contribution in [1.29, 1.82) is 0 Å². The van der Waals surface area contributed by atoms with Gasteiger partial charge < -0.3 is 15.2 Å². The van der Waals surface area contributed by atoms with Crippen molar-refractivity contribution >= 4 is 11.9 Å². The van der Waals surface area contributed by atoms with Crippen molar-refractivity contribution in [3.8, 4) is 5.75 Å². The number of para-hydroxylation sites is 1. The Labute approximate surface area is 150 Å². The number of rotatable bonds is 8. The number of carbonyl (C=O) groups excluding carboxylic acids is 1. The summed E-state index contributed by atoms with van der Waals surface area (Å²) in [6.45, 7) is 0.481. The lowest BCUT2D eigenvalue weighted by atomic mass is 9.99. The second-order valence-electron chi connectivity index (χ2n) is 6.40. The topological polar surface area (TPSA) is 75.6 Å². The minimum Gasteiger partial charge on any atom is -0.492 e. The van der Waals surface area contributed by atoms with E-state index in [0.717, 1.165) is 12.8 Å². The number of ether oxygens (including phenoxy) is 1. The summed E-state index contributed by atoms with van der Waals surface area (Å²) in [6, 6.07) is 12.1. The number of carbonyl (C=O) groups is 2. The van der Waals surface area contributed by atoms with Crippen LogP contribution in [0.15, 0.2) is 48.5 Å². The number of amides is 1. The molecule has 0 spiro atoms. The first-order valence-corrected chi connectivity index (χ1v) is 8.53. The van der Waals surface area contributed by atoms with Gasteiger partial charge in [0.05, 0.1) is 18.1 Å². The zero-order valence-corrected chi connectivity index (χ0v) is 14.2. The summed E-state index contributed by atoms with van der Waals surface area (Å²) in [5, 5.41) is 12.1. The summed E-state index contributed by atoms with van der Waals surface area (Å²) in [7, 11) is 0. The third-order valence-electron chi connectivity index (χ3n) is 4.34. The molecule has 1 atom stereocenters. The first-order chi connectivity index (χ1) is 12.5. The minimum absolute atomic E-state index is 0.100. The Morgan fingerprint density at radius 1 is 1.15 bits per heavy atom. The van der Waals surface area contributed by atoms with Gasteiger partial charge >= 0.3 is 5.97 Å². The van der Waals surface area contributed by atoms with Crippen LogP contribution in [0, 0.1) is 11.7 Å². The Kier molecular flexibility index (Phi) is 5.51. The highest BCUT2D eigenvalue weighted by molar-refractivity contribution is 5.97. The number of carboxylic acid groups (broad SMARTS) is 1. The Bertz CT molecular complexity index is 787. The Morgan fingerprint density at radius 3 is 2.50 bits per heavy atom. The van der Waals surface area contributed by atoms with Crippen molar-refractivity contribution in [2.75, 3.05) is 13.2 Å². The molecule has 2 N–H and O–H groups in total. The predicted octanol–water partition coefficient (Wildman–Crippen LogP) is 3.21. The molecule has 1 unspecified atom stereocenters.